The summed E-state index contributed by atoms with van der Waals surface area (Å²) < 4.78 is 68.0. The smallest absolute Gasteiger partial charge is 0.284 e. The minimum Gasteiger partial charge on any atom is -0.284 e. The number of nitrogens with one attached hydrogen (secondary N) is 1. The highest BCUT2D eigenvalue weighted by Gasteiger charge is 2.35. The second kappa shape index (κ2) is 7.38. The van der Waals surface area contributed by atoms with Gasteiger partial charge in [0.05, 0.1) is 9.92 Å². The second-order valence-electron chi connectivity index (χ2n) is 5.48. The summed E-state index contributed by atoms with van der Waals surface area (Å²) in [4.78, 5) is 0.0687. The first-order chi connectivity index (χ1) is 12.6. The van der Waals surface area contributed by atoms with Crippen molar-refractivity contribution in [3.63, 3.8) is 0 Å². The molecule has 0 saturated heterocycles. The van der Waals surface area contributed by atoms with Gasteiger partial charge in [-0.25, -0.2) is 13.1 Å². The van der Waals surface area contributed by atoms with Crippen molar-refractivity contribution in [1.82, 2.24) is 19.3 Å². The molecule has 2 aromatic heterocycles. The summed E-state index contributed by atoms with van der Waals surface area (Å²) in [5.74, 6) is 0.150. The summed E-state index contributed by atoms with van der Waals surface area (Å²) in [5.41, 5.74) is -1.40. The molecule has 1 N–H and O–H groups in total. The van der Waals surface area contributed by atoms with Crippen LogP contribution in [0.15, 0.2) is 45.9 Å². The number of sulfonamides is 1. The summed E-state index contributed by atoms with van der Waals surface area (Å²) in [6.07, 6.45) is -3.36. The Morgan fingerprint density at radius 2 is 1.85 bits per heavy atom. The molecule has 27 heavy (non-hydrogen) atoms. The van der Waals surface area contributed by atoms with E-state index in [0.29, 0.717) is 0 Å². The maximum Gasteiger partial charge on any atom is 0.420 e. The number of hydrogen-bond donors (Lipinski definition) is 1. The Balaban J connectivity index is 1.80. The third kappa shape index (κ3) is 4.42. The Labute approximate surface area is 165 Å². The normalized spacial score (nSPS) is 12.6. The Bertz CT molecular complexity index is 1080. The molecule has 3 aromatic rings. The molecule has 2 heterocycles. The van der Waals surface area contributed by atoms with Crippen LogP contribution < -0.4 is 4.72 Å². The molecule has 0 spiro atoms. The largest absolute Gasteiger partial charge is 0.420 e. The monoisotopic (exact) mass is 482 g/mol. The number of pyridine rings is 1. The lowest BCUT2D eigenvalue weighted by Crippen LogP contribution is -2.26. The highest BCUT2D eigenvalue weighted by molar-refractivity contribution is 9.10. The van der Waals surface area contributed by atoms with Crippen LogP contribution in [-0.4, -0.2) is 29.6 Å². The van der Waals surface area contributed by atoms with Gasteiger partial charge in [-0.2, -0.15) is 13.2 Å². The number of nitrogens with zero attached hydrogens (tertiary/aromatic N) is 3. The van der Waals surface area contributed by atoms with E-state index in [-0.39, 0.29) is 28.7 Å². The summed E-state index contributed by atoms with van der Waals surface area (Å²) in [7, 11) is -3.76. The average Bonchev–Trinajstić information content (AvgIpc) is 2.96. The van der Waals surface area contributed by atoms with E-state index >= 15 is 0 Å². The summed E-state index contributed by atoms with van der Waals surface area (Å²) >= 11 is 8.98. The van der Waals surface area contributed by atoms with Crippen LogP contribution in [0.1, 0.15) is 11.4 Å². The minimum absolute atomic E-state index is 0.0224. The van der Waals surface area contributed by atoms with E-state index in [2.05, 4.69) is 30.8 Å². The van der Waals surface area contributed by atoms with Gasteiger partial charge in [-0.05, 0) is 30.3 Å². The SMILES string of the molecule is O=S(=O)(NCCc1nnc2c(C(F)(F)F)cc(Cl)cn12)c1ccc(Br)cc1. The van der Waals surface area contributed by atoms with E-state index in [4.69, 9.17) is 11.6 Å². The average molecular weight is 484 g/mol. The molecule has 0 amide bonds. The lowest BCUT2D eigenvalue weighted by molar-refractivity contribution is -0.136. The first kappa shape index (κ1) is 20.1. The van der Waals surface area contributed by atoms with Gasteiger partial charge >= 0.3 is 6.18 Å². The van der Waals surface area contributed by atoms with Gasteiger partial charge in [0, 0.05) is 23.6 Å². The number of halogens is 5. The molecular formula is C15H11BrClF3N4O2S. The first-order valence-corrected chi connectivity index (χ1v) is 10.1. The van der Waals surface area contributed by atoms with Crippen molar-refractivity contribution in [3.05, 3.63) is 57.4 Å². The van der Waals surface area contributed by atoms with Gasteiger partial charge in [-0.3, -0.25) is 4.40 Å². The Morgan fingerprint density at radius 3 is 2.48 bits per heavy atom. The lowest BCUT2D eigenvalue weighted by atomic mass is 10.2. The Morgan fingerprint density at radius 1 is 1.19 bits per heavy atom. The van der Waals surface area contributed by atoms with Gasteiger partial charge in [-0.1, -0.05) is 27.5 Å². The molecule has 3 rings (SSSR count). The fraction of sp³-hybridized carbons (Fsp3) is 0.200. The van der Waals surface area contributed by atoms with Gasteiger partial charge in [0.1, 0.15) is 11.4 Å². The van der Waals surface area contributed by atoms with E-state index < -0.39 is 27.4 Å². The lowest BCUT2D eigenvalue weighted by Gasteiger charge is -2.09. The molecule has 0 aliphatic carbocycles. The van der Waals surface area contributed by atoms with Crippen LogP contribution in [-0.2, 0) is 22.6 Å². The van der Waals surface area contributed by atoms with Crippen molar-refractivity contribution < 1.29 is 21.6 Å². The van der Waals surface area contributed by atoms with E-state index in [1.807, 2.05) is 0 Å². The molecule has 0 saturated carbocycles. The van der Waals surface area contributed by atoms with Crippen molar-refractivity contribution in [2.45, 2.75) is 17.5 Å². The maximum atomic E-state index is 13.1. The van der Waals surface area contributed by atoms with Crippen molar-refractivity contribution in [1.29, 1.82) is 0 Å². The summed E-state index contributed by atoms with van der Waals surface area (Å²) in [5, 5.41) is 7.16. The molecule has 0 aliphatic rings. The van der Waals surface area contributed by atoms with Crippen molar-refractivity contribution >= 4 is 43.2 Å². The Kier molecular flexibility index (Phi) is 5.48. The van der Waals surface area contributed by atoms with Gasteiger partial charge < -0.3 is 0 Å². The predicted octanol–water partition coefficient (Wildman–Crippen LogP) is 3.69. The first-order valence-electron chi connectivity index (χ1n) is 7.43. The number of fused-ring (bicyclic) bond motifs is 1. The number of hydrogen-bond acceptors (Lipinski definition) is 4. The molecule has 0 unspecified atom stereocenters. The third-order valence-electron chi connectivity index (χ3n) is 3.61. The zero-order valence-electron chi connectivity index (χ0n) is 13.3. The molecular weight excluding hydrogens is 473 g/mol. The van der Waals surface area contributed by atoms with E-state index in [0.717, 1.165) is 14.9 Å². The van der Waals surface area contributed by atoms with E-state index in [1.165, 1.54) is 18.3 Å². The third-order valence-corrected chi connectivity index (χ3v) is 5.82. The number of rotatable bonds is 5. The van der Waals surface area contributed by atoms with Crippen molar-refractivity contribution in [3.8, 4) is 0 Å². The molecule has 0 radical (unpaired) electrons. The fourth-order valence-electron chi connectivity index (χ4n) is 2.38. The molecule has 144 valence electrons. The number of alkyl halides is 3. The van der Waals surface area contributed by atoms with Crippen molar-refractivity contribution in [2.24, 2.45) is 0 Å². The van der Waals surface area contributed by atoms with E-state index in [1.54, 1.807) is 12.1 Å². The molecule has 6 nitrogen and oxygen atoms in total. The van der Waals surface area contributed by atoms with Crippen LogP contribution in [0.3, 0.4) is 0 Å². The number of benzene rings is 1. The molecule has 12 heteroatoms. The minimum atomic E-state index is -4.64. The van der Waals surface area contributed by atoms with Crippen LogP contribution in [0.2, 0.25) is 5.02 Å². The van der Waals surface area contributed by atoms with Crippen LogP contribution in [0, 0.1) is 0 Å². The summed E-state index contributed by atoms with van der Waals surface area (Å²) in [6.45, 7) is -0.0763. The van der Waals surface area contributed by atoms with E-state index in [9.17, 15) is 21.6 Å². The molecule has 0 fully saturated rings. The topological polar surface area (TPSA) is 76.4 Å². The van der Waals surface area contributed by atoms with Crippen molar-refractivity contribution in [2.75, 3.05) is 6.54 Å². The standard InChI is InChI=1S/C15H11BrClF3N4O2S/c16-9-1-3-11(4-2-9)27(25,26)21-6-5-13-22-23-14-12(15(18,19)20)7-10(17)8-24(13)14/h1-4,7-8,21H,5-6H2. The fourth-order valence-corrected chi connectivity index (χ4v) is 3.88. The van der Waals surface area contributed by atoms with Gasteiger partial charge in [0.2, 0.25) is 10.0 Å². The van der Waals surface area contributed by atoms with Crippen LogP contribution in [0.25, 0.3) is 5.65 Å². The molecule has 0 aliphatic heterocycles. The number of aromatic nitrogens is 3. The quantitative estimate of drug-likeness (QED) is 0.601. The molecule has 1 aromatic carbocycles. The maximum absolute atomic E-state index is 13.1. The zero-order chi connectivity index (χ0) is 19.8. The molecule has 0 atom stereocenters. The zero-order valence-corrected chi connectivity index (χ0v) is 16.5. The predicted molar refractivity (Wildman–Crippen MR) is 96.0 cm³/mol. The van der Waals surface area contributed by atoms with Gasteiger partial charge in [0.25, 0.3) is 0 Å². The second-order valence-corrected chi connectivity index (χ2v) is 8.60. The highest BCUT2D eigenvalue weighted by atomic mass is 79.9. The van der Waals surface area contributed by atoms with Crippen LogP contribution in [0.5, 0.6) is 0 Å². The highest BCUT2D eigenvalue weighted by Crippen LogP contribution is 2.33. The Hall–Kier alpha value is -1.69. The molecule has 0 bridgehead atoms. The van der Waals surface area contributed by atoms with Gasteiger partial charge in [-0.15, -0.1) is 10.2 Å². The van der Waals surface area contributed by atoms with Crippen LogP contribution >= 0.6 is 27.5 Å². The van der Waals surface area contributed by atoms with Gasteiger partial charge in [0.15, 0.2) is 5.65 Å². The summed E-state index contributed by atoms with van der Waals surface area (Å²) in [6, 6.07) is 6.79. The van der Waals surface area contributed by atoms with Crippen LogP contribution in [0.4, 0.5) is 13.2 Å².